The lowest BCUT2D eigenvalue weighted by atomic mass is 9.87. The maximum absolute atomic E-state index is 15.1. The summed E-state index contributed by atoms with van der Waals surface area (Å²) in [6.07, 6.45) is 3.79. The molecule has 29 heavy (non-hydrogen) atoms. The zero-order valence-corrected chi connectivity index (χ0v) is 16.2. The number of unbranched alkanes of at least 4 members (excludes halogenated alkanes) is 3. The molecule has 0 fully saturated rings. The Morgan fingerprint density at radius 1 is 0.966 bits per heavy atom. The first-order valence-corrected chi connectivity index (χ1v) is 9.85. The molecule has 0 atom stereocenters. The predicted octanol–water partition coefficient (Wildman–Crippen LogP) is 7.83. The third-order valence-electron chi connectivity index (χ3n) is 5.14. The summed E-state index contributed by atoms with van der Waals surface area (Å²) in [4.78, 5) is 0. The van der Waals surface area contributed by atoms with Crippen LogP contribution in [0.3, 0.4) is 0 Å². The molecule has 0 aliphatic heterocycles. The molecule has 0 heterocycles. The van der Waals surface area contributed by atoms with Crippen LogP contribution in [0.1, 0.15) is 56.6 Å². The molecule has 2 aromatic rings. The number of hydrogen-bond donors (Lipinski definition) is 0. The van der Waals surface area contributed by atoms with Gasteiger partial charge in [0.05, 0.1) is 5.56 Å². The summed E-state index contributed by atoms with van der Waals surface area (Å²) < 4.78 is 70.4. The Labute approximate surface area is 167 Å². The summed E-state index contributed by atoms with van der Waals surface area (Å²) in [5.74, 6) is -1.81. The monoisotopic (exact) mass is 410 g/mol. The molecule has 0 saturated carbocycles. The summed E-state index contributed by atoms with van der Waals surface area (Å²) in [6.45, 7) is 2.15. The molecular formula is C23H23F5O. The van der Waals surface area contributed by atoms with Gasteiger partial charge in [-0.3, -0.25) is 0 Å². The molecule has 3 rings (SSSR count). The van der Waals surface area contributed by atoms with Gasteiger partial charge in [0.15, 0.2) is 0 Å². The average Bonchev–Trinajstić information content (AvgIpc) is 2.65. The molecular weight excluding hydrogens is 387 g/mol. The number of fused-ring (bicyclic) bond motifs is 1. The van der Waals surface area contributed by atoms with E-state index < -0.39 is 23.7 Å². The molecule has 6 heteroatoms. The van der Waals surface area contributed by atoms with Crippen LogP contribution in [0.25, 0.3) is 17.2 Å². The van der Waals surface area contributed by atoms with Gasteiger partial charge in [-0.05, 0) is 60.6 Å². The maximum Gasteiger partial charge on any atom is 0.573 e. The normalized spacial score (nSPS) is 13.8. The van der Waals surface area contributed by atoms with Crippen molar-refractivity contribution >= 4 is 6.08 Å². The minimum Gasteiger partial charge on any atom is -0.406 e. The van der Waals surface area contributed by atoms with Crippen molar-refractivity contribution in [3.05, 3.63) is 58.7 Å². The van der Waals surface area contributed by atoms with E-state index in [1.165, 1.54) is 30.2 Å². The molecule has 1 nitrogen and oxygen atoms in total. The number of ether oxygens (including phenoxy) is 1. The predicted molar refractivity (Wildman–Crippen MR) is 104 cm³/mol. The fourth-order valence-corrected chi connectivity index (χ4v) is 3.70. The molecule has 0 aromatic heterocycles. The average molecular weight is 410 g/mol. The fraction of sp³-hybridized carbons (Fsp3) is 0.391. The Balaban J connectivity index is 1.84. The molecule has 2 aromatic carbocycles. The second-order valence-electron chi connectivity index (χ2n) is 7.30. The molecule has 0 spiro atoms. The number of hydrogen-bond acceptors (Lipinski definition) is 1. The Morgan fingerprint density at radius 3 is 2.34 bits per heavy atom. The number of halogens is 5. The minimum absolute atomic E-state index is 0.173. The SMILES string of the molecule is CCCCCCC1=Cc2cc(F)c(-c3ccc(OC(F)(F)F)cc3)c(F)c2CC1. The van der Waals surface area contributed by atoms with Gasteiger partial charge in [0.25, 0.3) is 0 Å². The third kappa shape index (κ3) is 5.37. The lowest BCUT2D eigenvalue weighted by molar-refractivity contribution is -0.274. The molecule has 1 aliphatic rings. The van der Waals surface area contributed by atoms with E-state index in [4.69, 9.17) is 0 Å². The van der Waals surface area contributed by atoms with Crippen molar-refractivity contribution in [2.45, 2.75) is 58.2 Å². The van der Waals surface area contributed by atoms with E-state index in [0.29, 0.717) is 17.5 Å². The molecule has 0 saturated heterocycles. The lowest BCUT2D eigenvalue weighted by Gasteiger charge is -2.20. The van der Waals surface area contributed by atoms with Gasteiger partial charge in [0.2, 0.25) is 0 Å². The van der Waals surface area contributed by atoms with Crippen molar-refractivity contribution in [1.82, 2.24) is 0 Å². The zero-order chi connectivity index (χ0) is 21.0. The molecule has 0 unspecified atom stereocenters. The quantitative estimate of drug-likeness (QED) is 0.334. The molecule has 0 N–H and O–H groups in total. The smallest absolute Gasteiger partial charge is 0.406 e. The Kier molecular flexibility index (Phi) is 6.60. The molecule has 1 aliphatic carbocycles. The lowest BCUT2D eigenvalue weighted by Crippen LogP contribution is -2.17. The van der Waals surface area contributed by atoms with E-state index in [9.17, 15) is 17.6 Å². The number of allylic oxidation sites excluding steroid dienone is 1. The van der Waals surface area contributed by atoms with Gasteiger partial charge in [-0.25, -0.2) is 8.78 Å². The van der Waals surface area contributed by atoms with E-state index in [1.54, 1.807) is 0 Å². The Hall–Kier alpha value is -2.37. The van der Waals surface area contributed by atoms with Gasteiger partial charge in [-0.2, -0.15) is 0 Å². The van der Waals surface area contributed by atoms with Crippen LogP contribution in [-0.4, -0.2) is 6.36 Å². The Morgan fingerprint density at radius 2 is 1.69 bits per heavy atom. The van der Waals surface area contributed by atoms with Crippen molar-refractivity contribution in [2.75, 3.05) is 0 Å². The fourth-order valence-electron chi connectivity index (χ4n) is 3.70. The third-order valence-corrected chi connectivity index (χ3v) is 5.14. The van der Waals surface area contributed by atoms with Gasteiger partial charge >= 0.3 is 6.36 Å². The number of rotatable bonds is 7. The highest BCUT2D eigenvalue weighted by molar-refractivity contribution is 5.71. The zero-order valence-electron chi connectivity index (χ0n) is 16.2. The van der Waals surface area contributed by atoms with Crippen molar-refractivity contribution < 1.29 is 26.7 Å². The minimum atomic E-state index is -4.82. The Bertz CT molecular complexity index is 882. The topological polar surface area (TPSA) is 9.23 Å². The highest BCUT2D eigenvalue weighted by Gasteiger charge is 2.31. The summed E-state index contributed by atoms with van der Waals surface area (Å²) in [5.41, 5.74) is 2.16. The van der Waals surface area contributed by atoms with Crippen LogP contribution in [0.4, 0.5) is 22.0 Å². The maximum atomic E-state index is 15.1. The summed E-state index contributed by atoms with van der Waals surface area (Å²) in [5, 5.41) is 0. The standard InChI is InChI=1S/C23H23F5O/c1-2-3-4-5-6-15-7-12-19-17(13-15)14-20(24)21(22(19)25)16-8-10-18(11-9-16)29-23(26,27)28/h8-11,13-14H,2-7,12H2,1H3. The van der Waals surface area contributed by atoms with Crippen molar-refractivity contribution in [1.29, 1.82) is 0 Å². The van der Waals surface area contributed by atoms with Crippen LogP contribution in [0.2, 0.25) is 0 Å². The first kappa shape index (κ1) is 21.3. The largest absolute Gasteiger partial charge is 0.573 e. The summed E-state index contributed by atoms with van der Waals surface area (Å²) >= 11 is 0. The van der Waals surface area contributed by atoms with Gasteiger partial charge in [-0.1, -0.05) is 50.0 Å². The first-order valence-electron chi connectivity index (χ1n) is 9.85. The molecule has 0 radical (unpaired) electrons. The van der Waals surface area contributed by atoms with Crippen molar-refractivity contribution in [2.24, 2.45) is 0 Å². The van der Waals surface area contributed by atoms with Gasteiger partial charge < -0.3 is 4.74 Å². The van der Waals surface area contributed by atoms with Crippen LogP contribution in [0.5, 0.6) is 5.75 Å². The molecule has 156 valence electrons. The van der Waals surface area contributed by atoms with E-state index in [0.717, 1.165) is 44.2 Å². The van der Waals surface area contributed by atoms with Crippen LogP contribution in [0, 0.1) is 11.6 Å². The summed E-state index contributed by atoms with van der Waals surface area (Å²) in [6, 6.07) is 5.88. The van der Waals surface area contributed by atoms with Gasteiger partial charge in [0.1, 0.15) is 17.4 Å². The van der Waals surface area contributed by atoms with E-state index in [2.05, 4.69) is 11.7 Å². The van der Waals surface area contributed by atoms with Crippen LogP contribution in [-0.2, 0) is 6.42 Å². The number of benzene rings is 2. The van der Waals surface area contributed by atoms with E-state index in [-0.39, 0.29) is 11.1 Å². The van der Waals surface area contributed by atoms with Crippen molar-refractivity contribution in [3.63, 3.8) is 0 Å². The van der Waals surface area contributed by atoms with Crippen LogP contribution < -0.4 is 4.74 Å². The molecule has 0 bridgehead atoms. The first-order chi connectivity index (χ1) is 13.8. The van der Waals surface area contributed by atoms with Crippen molar-refractivity contribution in [3.8, 4) is 16.9 Å². The summed E-state index contributed by atoms with van der Waals surface area (Å²) in [7, 11) is 0. The van der Waals surface area contributed by atoms with Crippen LogP contribution >= 0.6 is 0 Å². The number of alkyl halides is 3. The van der Waals surface area contributed by atoms with Gasteiger partial charge in [0, 0.05) is 0 Å². The highest BCUT2D eigenvalue weighted by Crippen LogP contribution is 2.36. The van der Waals surface area contributed by atoms with Crippen LogP contribution in [0.15, 0.2) is 35.9 Å². The second kappa shape index (κ2) is 8.97. The molecule has 0 amide bonds. The van der Waals surface area contributed by atoms with E-state index >= 15 is 4.39 Å². The second-order valence-corrected chi connectivity index (χ2v) is 7.30. The van der Waals surface area contributed by atoms with E-state index in [1.807, 2.05) is 6.08 Å². The highest BCUT2D eigenvalue weighted by atomic mass is 19.4. The van der Waals surface area contributed by atoms with Gasteiger partial charge in [-0.15, -0.1) is 13.2 Å².